The van der Waals surface area contributed by atoms with Gasteiger partial charge in [-0.1, -0.05) is 0 Å². The van der Waals surface area contributed by atoms with Gasteiger partial charge in [0.2, 0.25) is 0 Å². The van der Waals surface area contributed by atoms with Crippen molar-refractivity contribution in [2.24, 2.45) is 0 Å². The number of hydrogen-bond donors (Lipinski definition) is 1. The van der Waals surface area contributed by atoms with Crippen LogP contribution in [-0.2, 0) is 6.54 Å². The normalized spacial score (nSPS) is 9.95. The molecule has 0 amide bonds. The Bertz CT molecular complexity index is 741. The van der Waals surface area contributed by atoms with Gasteiger partial charge >= 0.3 is 0 Å². The Morgan fingerprint density at radius 1 is 1.19 bits per heavy atom. The van der Waals surface area contributed by atoms with Crippen LogP contribution in [0.5, 0.6) is 0 Å². The van der Waals surface area contributed by atoms with E-state index in [1.807, 2.05) is 6.07 Å². The van der Waals surface area contributed by atoms with E-state index in [4.69, 9.17) is 5.26 Å². The van der Waals surface area contributed by atoms with Gasteiger partial charge < -0.3 is 5.32 Å². The lowest BCUT2D eigenvalue weighted by molar-refractivity contribution is -0.385. The maximum absolute atomic E-state index is 13.3. The zero-order valence-electron chi connectivity index (χ0n) is 10.6. The Morgan fingerprint density at radius 3 is 2.62 bits per heavy atom. The lowest BCUT2D eigenvalue weighted by atomic mass is 10.1. The van der Waals surface area contributed by atoms with Crippen LogP contribution in [-0.4, -0.2) is 4.92 Å². The maximum Gasteiger partial charge on any atom is 0.272 e. The fourth-order valence-electron chi connectivity index (χ4n) is 1.80. The van der Waals surface area contributed by atoms with Gasteiger partial charge in [-0.05, 0) is 29.8 Å². The van der Waals surface area contributed by atoms with E-state index < -0.39 is 16.6 Å². The molecular weight excluding hydrogens is 280 g/mol. The number of nitrogens with one attached hydrogen (secondary N) is 1. The number of halogens is 2. The number of nitro benzene ring substituents is 1. The third-order valence-corrected chi connectivity index (χ3v) is 2.74. The Hall–Kier alpha value is -3.01. The van der Waals surface area contributed by atoms with Crippen molar-refractivity contribution in [2.45, 2.75) is 6.54 Å². The molecule has 0 aliphatic carbocycles. The quantitative estimate of drug-likeness (QED) is 0.691. The molecule has 0 radical (unpaired) electrons. The first kappa shape index (κ1) is 14.4. The van der Waals surface area contributed by atoms with Crippen molar-refractivity contribution in [3.63, 3.8) is 0 Å². The summed E-state index contributed by atoms with van der Waals surface area (Å²) in [4.78, 5) is 9.96. The summed E-state index contributed by atoms with van der Waals surface area (Å²) in [5.41, 5.74) is 0.452. The predicted octanol–water partition coefficient (Wildman–Crippen LogP) is 3.36. The minimum atomic E-state index is -0.722. The average molecular weight is 289 g/mol. The lowest BCUT2D eigenvalue weighted by Gasteiger charge is -2.08. The Balaban J connectivity index is 2.21. The van der Waals surface area contributed by atoms with Gasteiger partial charge in [-0.25, -0.2) is 8.78 Å². The second-order valence-corrected chi connectivity index (χ2v) is 4.23. The van der Waals surface area contributed by atoms with Crippen LogP contribution in [0.3, 0.4) is 0 Å². The minimum Gasteiger partial charge on any atom is -0.380 e. The number of rotatable bonds is 4. The van der Waals surface area contributed by atoms with Gasteiger partial charge in [0.05, 0.1) is 22.2 Å². The Labute approximate surface area is 118 Å². The van der Waals surface area contributed by atoms with Crippen molar-refractivity contribution in [3.05, 3.63) is 69.3 Å². The molecule has 2 aromatic carbocycles. The molecule has 7 heteroatoms. The number of nitrogens with zero attached hydrogens (tertiary/aromatic N) is 2. The number of nitriles is 1. The Kier molecular flexibility index (Phi) is 4.09. The molecule has 0 fully saturated rings. The highest BCUT2D eigenvalue weighted by molar-refractivity contribution is 5.57. The van der Waals surface area contributed by atoms with Crippen molar-refractivity contribution < 1.29 is 13.7 Å². The summed E-state index contributed by atoms with van der Waals surface area (Å²) in [5, 5.41) is 22.4. The second kappa shape index (κ2) is 5.96. The summed E-state index contributed by atoms with van der Waals surface area (Å²) in [6.45, 7) is 0.0684. The van der Waals surface area contributed by atoms with Crippen molar-refractivity contribution in [2.75, 3.05) is 5.32 Å². The van der Waals surface area contributed by atoms with Crippen LogP contribution >= 0.6 is 0 Å². The molecular formula is C14H9F2N3O2. The van der Waals surface area contributed by atoms with E-state index in [2.05, 4.69) is 5.32 Å². The molecule has 5 nitrogen and oxygen atoms in total. The van der Waals surface area contributed by atoms with E-state index in [1.54, 1.807) is 0 Å². The third kappa shape index (κ3) is 3.51. The highest BCUT2D eigenvalue weighted by Gasteiger charge is 2.10. The Morgan fingerprint density at radius 2 is 1.95 bits per heavy atom. The van der Waals surface area contributed by atoms with Crippen molar-refractivity contribution >= 4 is 11.4 Å². The number of non-ortho nitro benzene ring substituents is 1. The summed E-state index contributed by atoms with van der Waals surface area (Å²) in [5.74, 6) is -1.26. The number of anilines is 1. The van der Waals surface area contributed by atoms with Gasteiger partial charge in [0.25, 0.3) is 5.69 Å². The van der Waals surface area contributed by atoms with Gasteiger partial charge in [0.1, 0.15) is 17.7 Å². The van der Waals surface area contributed by atoms with Gasteiger partial charge in [-0.3, -0.25) is 10.1 Å². The smallest absolute Gasteiger partial charge is 0.272 e. The molecule has 0 bridgehead atoms. The van der Waals surface area contributed by atoms with Crippen LogP contribution in [0.1, 0.15) is 11.1 Å². The van der Waals surface area contributed by atoms with Crippen molar-refractivity contribution in [3.8, 4) is 6.07 Å². The topological polar surface area (TPSA) is 79.0 Å². The molecule has 2 rings (SSSR count). The summed E-state index contributed by atoms with van der Waals surface area (Å²) in [7, 11) is 0. The molecule has 0 aliphatic heterocycles. The van der Waals surface area contributed by atoms with E-state index in [1.165, 1.54) is 18.2 Å². The fraction of sp³-hybridized carbons (Fsp3) is 0.0714. The van der Waals surface area contributed by atoms with E-state index in [0.29, 0.717) is 11.3 Å². The van der Waals surface area contributed by atoms with Gasteiger partial charge in [-0.2, -0.15) is 5.26 Å². The lowest BCUT2D eigenvalue weighted by Crippen LogP contribution is -2.03. The van der Waals surface area contributed by atoms with Crippen molar-refractivity contribution in [1.29, 1.82) is 5.26 Å². The summed E-state index contributed by atoms with van der Waals surface area (Å²) < 4.78 is 26.3. The largest absolute Gasteiger partial charge is 0.380 e. The first-order chi connectivity index (χ1) is 9.99. The van der Waals surface area contributed by atoms with Crippen molar-refractivity contribution in [1.82, 2.24) is 0 Å². The second-order valence-electron chi connectivity index (χ2n) is 4.23. The fourth-order valence-corrected chi connectivity index (χ4v) is 1.80. The van der Waals surface area contributed by atoms with E-state index in [9.17, 15) is 18.9 Å². The van der Waals surface area contributed by atoms with Gasteiger partial charge in [-0.15, -0.1) is 0 Å². The molecule has 0 heterocycles. The number of benzene rings is 2. The first-order valence-corrected chi connectivity index (χ1v) is 5.87. The van der Waals surface area contributed by atoms with Gasteiger partial charge in [0.15, 0.2) is 0 Å². The molecule has 1 N–H and O–H groups in total. The molecule has 106 valence electrons. The monoisotopic (exact) mass is 289 g/mol. The molecule has 0 spiro atoms. The first-order valence-electron chi connectivity index (χ1n) is 5.87. The predicted molar refractivity (Wildman–Crippen MR) is 71.5 cm³/mol. The molecule has 21 heavy (non-hydrogen) atoms. The number of nitro groups is 1. The third-order valence-electron chi connectivity index (χ3n) is 2.74. The molecule has 0 aromatic heterocycles. The van der Waals surface area contributed by atoms with Crippen LogP contribution < -0.4 is 5.32 Å². The summed E-state index contributed by atoms with van der Waals surface area (Å²) >= 11 is 0. The molecule has 0 saturated carbocycles. The SMILES string of the molecule is N#Cc1cc(F)ccc1NCc1cc(F)cc([N+](=O)[O-])c1. The molecule has 0 saturated heterocycles. The van der Waals surface area contributed by atoms with Crippen LogP contribution in [0.15, 0.2) is 36.4 Å². The van der Waals surface area contributed by atoms with E-state index in [0.717, 1.165) is 18.2 Å². The number of hydrogen-bond acceptors (Lipinski definition) is 4. The van der Waals surface area contributed by atoms with Crippen LogP contribution in [0.25, 0.3) is 0 Å². The van der Waals surface area contributed by atoms with Gasteiger partial charge in [0, 0.05) is 12.6 Å². The zero-order valence-corrected chi connectivity index (χ0v) is 10.6. The average Bonchev–Trinajstić information content (AvgIpc) is 2.45. The molecule has 0 unspecified atom stereocenters. The molecule has 2 aromatic rings. The van der Waals surface area contributed by atoms with E-state index >= 15 is 0 Å². The highest BCUT2D eigenvalue weighted by Crippen LogP contribution is 2.20. The molecule has 0 atom stereocenters. The molecule has 0 aliphatic rings. The minimum absolute atomic E-state index is 0.0684. The highest BCUT2D eigenvalue weighted by atomic mass is 19.1. The van der Waals surface area contributed by atoms with Crippen LogP contribution in [0, 0.1) is 33.1 Å². The standard InChI is InChI=1S/C14H9F2N3O2/c15-11-1-2-14(10(5-11)7-17)18-8-9-3-12(16)6-13(4-9)19(20)21/h1-6,18H,8H2. The summed E-state index contributed by atoms with van der Waals surface area (Å²) in [6, 6.07) is 8.65. The van der Waals surface area contributed by atoms with E-state index in [-0.39, 0.29) is 17.8 Å². The maximum atomic E-state index is 13.3. The summed E-state index contributed by atoms with van der Waals surface area (Å²) in [6.07, 6.45) is 0. The van der Waals surface area contributed by atoms with Crippen LogP contribution in [0.4, 0.5) is 20.2 Å². The van der Waals surface area contributed by atoms with Crippen LogP contribution in [0.2, 0.25) is 0 Å². The zero-order chi connectivity index (χ0) is 15.4.